The van der Waals surface area contributed by atoms with Crippen LogP contribution in [0.25, 0.3) is 0 Å². The second-order valence-corrected chi connectivity index (χ2v) is 4.60. The van der Waals surface area contributed by atoms with Crippen LogP contribution in [0, 0.1) is 6.92 Å². The van der Waals surface area contributed by atoms with Crippen LogP contribution in [-0.2, 0) is 12.7 Å². The van der Waals surface area contributed by atoms with Crippen LogP contribution in [0.15, 0.2) is 36.5 Å². The maximum atomic E-state index is 12.4. The van der Waals surface area contributed by atoms with Crippen molar-refractivity contribution in [1.82, 2.24) is 4.98 Å². The smallest absolute Gasteiger partial charge is 0.433 e. The Morgan fingerprint density at radius 2 is 1.95 bits per heavy atom. The Bertz CT molecular complexity index is 609. The highest BCUT2D eigenvalue weighted by molar-refractivity contribution is 5.45. The molecule has 1 heterocycles. The number of aryl methyl sites for hydroxylation is 1. The van der Waals surface area contributed by atoms with Gasteiger partial charge >= 0.3 is 6.18 Å². The van der Waals surface area contributed by atoms with E-state index in [1.807, 2.05) is 25.1 Å². The van der Waals surface area contributed by atoms with Crippen LogP contribution in [0.3, 0.4) is 0 Å². The number of ether oxygens (including phenoxy) is 1. The fraction of sp³-hybridized carbons (Fsp3) is 0.267. The van der Waals surface area contributed by atoms with Crippen molar-refractivity contribution in [3.05, 3.63) is 53.3 Å². The lowest BCUT2D eigenvalue weighted by Gasteiger charge is -2.12. The summed E-state index contributed by atoms with van der Waals surface area (Å²) in [7, 11) is 1.58. The quantitative estimate of drug-likeness (QED) is 0.925. The van der Waals surface area contributed by atoms with Crippen molar-refractivity contribution in [2.75, 3.05) is 12.4 Å². The first-order valence-electron chi connectivity index (χ1n) is 6.31. The van der Waals surface area contributed by atoms with Gasteiger partial charge in [0.05, 0.1) is 19.0 Å². The number of anilines is 1. The van der Waals surface area contributed by atoms with E-state index < -0.39 is 11.9 Å². The summed E-state index contributed by atoms with van der Waals surface area (Å²) in [6.45, 7) is 2.40. The van der Waals surface area contributed by atoms with Gasteiger partial charge < -0.3 is 10.1 Å². The Labute approximate surface area is 120 Å². The normalized spacial score (nSPS) is 11.3. The van der Waals surface area contributed by atoms with Crippen LogP contribution in [0.5, 0.6) is 5.75 Å². The number of nitrogens with zero attached hydrogens (tertiary/aromatic N) is 1. The van der Waals surface area contributed by atoms with Crippen molar-refractivity contribution >= 4 is 5.69 Å². The van der Waals surface area contributed by atoms with Gasteiger partial charge in [-0.05, 0) is 25.1 Å². The van der Waals surface area contributed by atoms with Crippen LogP contribution < -0.4 is 10.1 Å². The summed E-state index contributed by atoms with van der Waals surface area (Å²) in [5.41, 5.74) is 1.63. The van der Waals surface area contributed by atoms with E-state index in [1.54, 1.807) is 7.11 Å². The number of nitrogens with one attached hydrogen (secondary N) is 1. The molecule has 0 radical (unpaired) electrons. The number of rotatable bonds is 4. The third kappa shape index (κ3) is 3.87. The Morgan fingerprint density at radius 1 is 1.19 bits per heavy atom. The molecule has 0 saturated carbocycles. The molecule has 0 aliphatic carbocycles. The van der Waals surface area contributed by atoms with E-state index in [0.717, 1.165) is 22.9 Å². The maximum absolute atomic E-state index is 12.4. The summed E-state index contributed by atoms with van der Waals surface area (Å²) in [6, 6.07) is 8.07. The molecule has 0 aliphatic heterocycles. The van der Waals surface area contributed by atoms with Crippen molar-refractivity contribution in [3.8, 4) is 5.75 Å². The average molecular weight is 296 g/mol. The zero-order valence-electron chi connectivity index (χ0n) is 11.7. The highest BCUT2D eigenvalue weighted by atomic mass is 19.4. The lowest BCUT2D eigenvalue weighted by molar-refractivity contribution is -0.141. The number of hydrogen-bond acceptors (Lipinski definition) is 3. The van der Waals surface area contributed by atoms with Crippen molar-refractivity contribution in [2.45, 2.75) is 19.6 Å². The molecule has 2 rings (SSSR count). The molecule has 0 spiro atoms. The van der Waals surface area contributed by atoms with Gasteiger partial charge in [0.15, 0.2) is 0 Å². The van der Waals surface area contributed by atoms with Gasteiger partial charge in [-0.1, -0.05) is 17.7 Å². The van der Waals surface area contributed by atoms with E-state index in [-0.39, 0.29) is 0 Å². The van der Waals surface area contributed by atoms with Gasteiger partial charge in [0, 0.05) is 12.1 Å². The molecule has 0 fully saturated rings. The molecule has 112 valence electrons. The van der Waals surface area contributed by atoms with Gasteiger partial charge in [-0.15, -0.1) is 0 Å². The Kier molecular flexibility index (Phi) is 4.35. The summed E-state index contributed by atoms with van der Waals surface area (Å²) in [6.07, 6.45) is -3.25. The lowest BCUT2D eigenvalue weighted by Crippen LogP contribution is -2.08. The second kappa shape index (κ2) is 6.03. The third-order valence-electron chi connectivity index (χ3n) is 2.97. The molecule has 6 heteroatoms. The minimum atomic E-state index is -4.42. The maximum Gasteiger partial charge on any atom is 0.433 e. The summed E-state index contributed by atoms with van der Waals surface area (Å²) >= 11 is 0. The van der Waals surface area contributed by atoms with E-state index in [0.29, 0.717) is 12.2 Å². The van der Waals surface area contributed by atoms with Gasteiger partial charge in [-0.2, -0.15) is 13.2 Å². The molecule has 3 nitrogen and oxygen atoms in total. The first-order valence-corrected chi connectivity index (χ1v) is 6.31. The highest BCUT2D eigenvalue weighted by Gasteiger charge is 2.31. The van der Waals surface area contributed by atoms with E-state index in [9.17, 15) is 13.2 Å². The van der Waals surface area contributed by atoms with Crippen molar-refractivity contribution in [1.29, 1.82) is 0 Å². The molecule has 21 heavy (non-hydrogen) atoms. The van der Waals surface area contributed by atoms with Gasteiger partial charge in [-0.3, -0.25) is 0 Å². The average Bonchev–Trinajstić information content (AvgIpc) is 2.45. The molecule has 1 N–H and O–H groups in total. The molecule has 2 aromatic rings. The van der Waals surface area contributed by atoms with Crippen LogP contribution >= 0.6 is 0 Å². The second-order valence-electron chi connectivity index (χ2n) is 4.60. The molecular weight excluding hydrogens is 281 g/mol. The van der Waals surface area contributed by atoms with E-state index >= 15 is 0 Å². The minimum Gasteiger partial charge on any atom is -0.496 e. The molecule has 0 unspecified atom stereocenters. The summed E-state index contributed by atoms with van der Waals surface area (Å²) in [4.78, 5) is 3.40. The number of pyridine rings is 1. The van der Waals surface area contributed by atoms with Gasteiger partial charge in [0.25, 0.3) is 0 Å². The minimum absolute atomic E-state index is 0.442. The molecule has 0 saturated heterocycles. The van der Waals surface area contributed by atoms with Crippen molar-refractivity contribution in [2.24, 2.45) is 0 Å². The topological polar surface area (TPSA) is 34.1 Å². The predicted molar refractivity (Wildman–Crippen MR) is 74.3 cm³/mol. The molecule has 1 aromatic heterocycles. The van der Waals surface area contributed by atoms with Crippen LogP contribution in [0.4, 0.5) is 18.9 Å². The first-order chi connectivity index (χ1) is 9.90. The SMILES string of the molecule is COc1ccc(C)cc1CNc1ccc(C(F)(F)F)nc1. The molecule has 0 aliphatic rings. The van der Waals surface area contributed by atoms with Crippen molar-refractivity contribution in [3.63, 3.8) is 0 Å². The van der Waals surface area contributed by atoms with Gasteiger partial charge in [-0.25, -0.2) is 4.98 Å². The molecule has 0 atom stereocenters. The van der Waals surface area contributed by atoms with E-state index in [1.165, 1.54) is 12.3 Å². The van der Waals surface area contributed by atoms with Crippen LogP contribution in [0.2, 0.25) is 0 Å². The number of benzene rings is 1. The Balaban J connectivity index is 2.08. The number of halogens is 3. The van der Waals surface area contributed by atoms with Crippen LogP contribution in [0.1, 0.15) is 16.8 Å². The number of aromatic nitrogens is 1. The fourth-order valence-corrected chi connectivity index (χ4v) is 1.91. The number of methoxy groups -OCH3 is 1. The van der Waals surface area contributed by atoms with Crippen molar-refractivity contribution < 1.29 is 17.9 Å². The zero-order chi connectivity index (χ0) is 15.5. The lowest BCUT2D eigenvalue weighted by atomic mass is 10.1. The summed E-state index contributed by atoms with van der Waals surface area (Å²) in [5, 5.41) is 3.03. The third-order valence-corrected chi connectivity index (χ3v) is 2.97. The van der Waals surface area contributed by atoms with E-state index in [4.69, 9.17) is 4.74 Å². The molecule has 0 amide bonds. The Morgan fingerprint density at radius 3 is 2.52 bits per heavy atom. The van der Waals surface area contributed by atoms with Gasteiger partial charge in [0.1, 0.15) is 11.4 Å². The monoisotopic (exact) mass is 296 g/mol. The van der Waals surface area contributed by atoms with E-state index in [2.05, 4.69) is 10.3 Å². The molecular formula is C15H15F3N2O. The molecule has 1 aromatic carbocycles. The predicted octanol–water partition coefficient (Wildman–Crippen LogP) is 4.03. The summed E-state index contributed by atoms with van der Waals surface area (Å²) in [5.74, 6) is 0.730. The fourth-order valence-electron chi connectivity index (χ4n) is 1.91. The zero-order valence-corrected chi connectivity index (χ0v) is 11.7. The summed E-state index contributed by atoms with van der Waals surface area (Å²) < 4.78 is 42.5. The molecule has 0 bridgehead atoms. The van der Waals surface area contributed by atoms with Gasteiger partial charge in [0.2, 0.25) is 0 Å². The van der Waals surface area contributed by atoms with Crippen LogP contribution in [-0.4, -0.2) is 12.1 Å². The largest absolute Gasteiger partial charge is 0.496 e. The highest BCUT2D eigenvalue weighted by Crippen LogP contribution is 2.28. The first kappa shape index (κ1) is 15.2. The number of hydrogen-bond donors (Lipinski definition) is 1. The number of alkyl halides is 3. The Hall–Kier alpha value is -2.24. The standard InChI is InChI=1S/C15H15F3N2O/c1-10-3-5-13(21-2)11(7-10)8-19-12-4-6-14(20-9-12)15(16,17)18/h3-7,9,19H,8H2,1-2H3.